The second-order valence-electron chi connectivity index (χ2n) is 8.82. The van der Waals surface area contributed by atoms with Gasteiger partial charge in [-0.25, -0.2) is 9.48 Å². The van der Waals surface area contributed by atoms with Gasteiger partial charge in [0.25, 0.3) is 0 Å². The number of amides is 3. The van der Waals surface area contributed by atoms with Crippen molar-refractivity contribution in [3.63, 3.8) is 0 Å². The number of benzene rings is 3. The molecule has 8 nitrogen and oxygen atoms in total. The number of urea groups is 1. The maximum Gasteiger partial charge on any atom is 0.322 e. The van der Waals surface area contributed by atoms with Crippen molar-refractivity contribution < 1.29 is 14.3 Å². The first kappa shape index (κ1) is 26.5. The van der Waals surface area contributed by atoms with Crippen LogP contribution >= 0.6 is 0 Å². The number of aromatic nitrogens is 2. The molecule has 0 fully saturated rings. The molecule has 196 valence electrons. The summed E-state index contributed by atoms with van der Waals surface area (Å²) in [4.78, 5) is 27.7. The van der Waals surface area contributed by atoms with Crippen molar-refractivity contribution in [3.05, 3.63) is 90.1 Å². The van der Waals surface area contributed by atoms with Gasteiger partial charge in [-0.1, -0.05) is 48.5 Å². The molecule has 2 N–H and O–H groups in total. The van der Waals surface area contributed by atoms with Gasteiger partial charge in [-0.05, 0) is 69.2 Å². The zero-order valence-electron chi connectivity index (χ0n) is 22.2. The van der Waals surface area contributed by atoms with E-state index in [0.717, 1.165) is 33.8 Å². The quantitative estimate of drug-likeness (QED) is 0.286. The van der Waals surface area contributed by atoms with Crippen molar-refractivity contribution in [1.29, 1.82) is 0 Å². The molecule has 8 heteroatoms. The minimum Gasteiger partial charge on any atom is -0.494 e. The number of nitrogens with one attached hydrogen (secondary N) is 2. The van der Waals surface area contributed by atoms with E-state index in [1.54, 1.807) is 28.9 Å². The highest BCUT2D eigenvalue weighted by molar-refractivity contribution is 5.99. The fourth-order valence-corrected chi connectivity index (χ4v) is 4.24. The lowest BCUT2D eigenvalue weighted by molar-refractivity contribution is -0.116. The summed E-state index contributed by atoms with van der Waals surface area (Å²) in [6.07, 6.45) is 0. The average Bonchev–Trinajstić information content (AvgIpc) is 3.24. The molecule has 38 heavy (non-hydrogen) atoms. The highest BCUT2D eigenvalue weighted by atomic mass is 16.5. The average molecular weight is 512 g/mol. The fourth-order valence-electron chi connectivity index (χ4n) is 4.24. The molecule has 0 atom stereocenters. The summed E-state index contributed by atoms with van der Waals surface area (Å²) < 4.78 is 7.22. The Morgan fingerprint density at radius 2 is 1.58 bits per heavy atom. The van der Waals surface area contributed by atoms with Gasteiger partial charge in [0.15, 0.2) is 0 Å². The number of anilines is 2. The Bertz CT molecular complexity index is 1400. The minimum atomic E-state index is -0.362. The van der Waals surface area contributed by atoms with Crippen LogP contribution in [-0.2, 0) is 4.79 Å². The first-order valence-electron chi connectivity index (χ1n) is 12.7. The van der Waals surface area contributed by atoms with Gasteiger partial charge in [0.1, 0.15) is 18.1 Å². The Balaban J connectivity index is 1.57. The summed E-state index contributed by atoms with van der Waals surface area (Å²) in [6.45, 7) is 8.49. The van der Waals surface area contributed by atoms with Gasteiger partial charge in [-0.2, -0.15) is 5.10 Å². The largest absolute Gasteiger partial charge is 0.494 e. The monoisotopic (exact) mass is 511 g/mol. The Kier molecular flexibility index (Phi) is 8.43. The molecule has 4 aromatic rings. The van der Waals surface area contributed by atoms with Crippen LogP contribution in [0.2, 0.25) is 0 Å². The van der Waals surface area contributed by atoms with Crippen molar-refractivity contribution in [2.45, 2.75) is 27.7 Å². The molecule has 0 aliphatic heterocycles. The molecule has 0 aliphatic rings. The molecule has 0 unspecified atom stereocenters. The van der Waals surface area contributed by atoms with Crippen LogP contribution in [0.5, 0.6) is 5.75 Å². The van der Waals surface area contributed by atoms with E-state index in [0.29, 0.717) is 24.7 Å². The molecule has 0 saturated carbocycles. The molecule has 1 heterocycles. The molecular formula is C30H33N5O3. The third-order valence-electron chi connectivity index (χ3n) is 6.14. The first-order valence-corrected chi connectivity index (χ1v) is 12.7. The normalized spacial score (nSPS) is 10.6. The Labute approximate surface area is 223 Å². The number of likely N-dealkylation sites (N-methyl/N-ethyl adjacent to an activating group) is 1. The number of rotatable bonds is 9. The van der Waals surface area contributed by atoms with Gasteiger partial charge in [0.2, 0.25) is 5.91 Å². The van der Waals surface area contributed by atoms with E-state index in [4.69, 9.17) is 9.84 Å². The molecule has 1 aromatic heterocycles. The van der Waals surface area contributed by atoms with Crippen LogP contribution < -0.4 is 15.4 Å². The molecule has 0 spiro atoms. The number of hydrogen-bond donors (Lipinski definition) is 2. The number of carbonyl (C=O) groups is 2. The van der Waals surface area contributed by atoms with E-state index in [-0.39, 0.29) is 18.5 Å². The van der Waals surface area contributed by atoms with Crippen molar-refractivity contribution in [2.75, 3.05) is 30.3 Å². The van der Waals surface area contributed by atoms with Crippen molar-refractivity contribution in [3.8, 4) is 22.6 Å². The molecule has 0 aliphatic carbocycles. The minimum absolute atomic E-state index is 0.119. The lowest BCUT2D eigenvalue weighted by atomic mass is 10.1. The van der Waals surface area contributed by atoms with Crippen molar-refractivity contribution in [2.24, 2.45) is 0 Å². The lowest BCUT2D eigenvalue weighted by Gasteiger charge is -2.21. The lowest BCUT2D eigenvalue weighted by Crippen LogP contribution is -2.40. The van der Waals surface area contributed by atoms with Gasteiger partial charge in [-0.15, -0.1) is 0 Å². The number of nitrogens with zero attached hydrogens (tertiary/aromatic N) is 3. The molecule has 0 saturated heterocycles. The van der Waals surface area contributed by atoms with Gasteiger partial charge < -0.3 is 20.3 Å². The first-order chi connectivity index (χ1) is 18.4. The van der Waals surface area contributed by atoms with Crippen LogP contribution in [-0.4, -0.2) is 46.3 Å². The highest BCUT2D eigenvalue weighted by Gasteiger charge is 2.23. The van der Waals surface area contributed by atoms with E-state index in [1.165, 1.54) is 4.90 Å². The van der Waals surface area contributed by atoms with Crippen molar-refractivity contribution in [1.82, 2.24) is 14.7 Å². The molecule has 3 amide bonds. The van der Waals surface area contributed by atoms with E-state index in [1.807, 2.05) is 82.3 Å². The Morgan fingerprint density at radius 1 is 0.895 bits per heavy atom. The van der Waals surface area contributed by atoms with E-state index < -0.39 is 0 Å². The molecule has 4 rings (SSSR count). The molecule has 0 radical (unpaired) electrons. The van der Waals surface area contributed by atoms with Crippen LogP contribution in [0.1, 0.15) is 25.1 Å². The molecular weight excluding hydrogens is 478 g/mol. The molecule has 0 bridgehead atoms. The van der Waals surface area contributed by atoms with E-state index >= 15 is 0 Å². The van der Waals surface area contributed by atoms with Crippen LogP contribution in [0.15, 0.2) is 78.9 Å². The predicted octanol–water partition coefficient (Wildman–Crippen LogP) is 6.05. The van der Waals surface area contributed by atoms with Crippen LogP contribution in [0.4, 0.5) is 16.3 Å². The number of hydrogen-bond acceptors (Lipinski definition) is 4. The summed E-state index contributed by atoms with van der Waals surface area (Å²) in [5.74, 6) is 0.976. The van der Waals surface area contributed by atoms with E-state index in [9.17, 15) is 9.59 Å². The second-order valence-corrected chi connectivity index (χ2v) is 8.82. The SMILES string of the molecule is CCOc1ccc(NC(=O)N(CC)CC(=O)Nc2c(-c3ccccc3)c(C)nn2-c2ccccc2C)cc1. The standard InChI is InChI=1S/C30H33N5O3/c1-5-34(30(37)31-24-16-18-25(19-17-24)38-6-2)20-27(36)32-29-28(23-13-8-7-9-14-23)22(4)33-35(29)26-15-11-10-12-21(26)3/h7-19H,5-6,20H2,1-4H3,(H,31,37)(H,32,36). The summed E-state index contributed by atoms with van der Waals surface area (Å²) in [7, 11) is 0. The summed E-state index contributed by atoms with van der Waals surface area (Å²) in [5.41, 5.74) is 5.08. The predicted molar refractivity (Wildman–Crippen MR) is 151 cm³/mol. The maximum atomic E-state index is 13.3. The van der Waals surface area contributed by atoms with Crippen LogP contribution in [0.25, 0.3) is 16.8 Å². The zero-order valence-corrected chi connectivity index (χ0v) is 22.2. The topological polar surface area (TPSA) is 88.5 Å². The number of aryl methyl sites for hydroxylation is 2. The molecule has 3 aromatic carbocycles. The highest BCUT2D eigenvalue weighted by Crippen LogP contribution is 2.34. The van der Waals surface area contributed by atoms with Gasteiger partial charge in [0.05, 0.1) is 18.0 Å². The van der Waals surface area contributed by atoms with Gasteiger partial charge in [0, 0.05) is 17.8 Å². The van der Waals surface area contributed by atoms with Gasteiger partial charge >= 0.3 is 6.03 Å². The summed E-state index contributed by atoms with van der Waals surface area (Å²) in [5, 5.41) is 10.7. The number of carbonyl (C=O) groups excluding carboxylic acids is 2. The number of para-hydroxylation sites is 1. The Morgan fingerprint density at radius 3 is 2.24 bits per heavy atom. The summed E-state index contributed by atoms with van der Waals surface area (Å²) in [6, 6.07) is 24.5. The Hall–Kier alpha value is -4.59. The summed E-state index contributed by atoms with van der Waals surface area (Å²) >= 11 is 0. The second kappa shape index (κ2) is 12.1. The third-order valence-corrected chi connectivity index (χ3v) is 6.14. The number of ether oxygens (including phenoxy) is 1. The van der Waals surface area contributed by atoms with Crippen LogP contribution in [0.3, 0.4) is 0 Å². The van der Waals surface area contributed by atoms with Crippen LogP contribution in [0, 0.1) is 13.8 Å². The van der Waals surface area contributed by atoms with Crippen molar-refractivity contribution >= 4 is 23.4 Å². The van der Waals surface area contributed by atoms with E-state index in [2.05, 4.69) is 10.6 Å². The zero-order chi connectivity index (χ0) is 27.1. The third kappa shape index (κ3) is 6.03. The van der Waals surface area contributed by atoms with Gasteiger partial charge in [-0.3, -0.25) is 4.79 Å². The fraction of sp³-hybridized carbons (Fsp3) is 0.233. The smallest absolute Gasteiger partial charge is 0.322 e. The maximum absolute atomic E-state index is 13.3.